The Morgan fingerprint density at radius 2 is 1.25 bits per heavy atom. The average molecular weight is 259 g/mol. The minimum absolute atomic E-state index is 0.186. The fourth-order valence-corrected chi connectivity index (χ4v) is 2.81. The highest BCUT2D eigenvalue weighted by Gasteiger charge is 2.25. The first-order chi connectivity index (χ1) is 7.14. The summed E-state index contributed by atoms with van der Waals surface area (Å²) in [6.07, 6.45) is 7.79. The van der Waals surface area contributed by atoms with E-state index in [1.807, 2.05) is 31.2 Å². The summed E-state index contributed by atoms with van der Waals surface area (Å²) in [6.45, 7) is 15.1. The molecule has 0 saturated carbocycles. The third-order valence-corrected chi connectivity index (χ3v) is 3.39. The molecule has 0 aliphatic heterocycles. The summed E-state index contributed by atoms with van der Waals surface area (Å²) in [5, 5.41) is 0. The maximum atomic E-state index is 5.99. The maximum Gasteiger partial charge on any atom is 0.187 e. The lowest BCUT2D eigenvalue weighted by Gasteiger charge is -2.29. The van der Waals surface area contributed by atoms with E-state index in [-0.39, 0.29) is 6.29 Å². The summed E-state index contributed by atoms with van der Waals surface area (Å²) in [4.78, 5) is 0. The van der Waals surface area contributed by atoms with Crippen LogP contribution in [0.1, 0.15) is 6.92 Å². The van der Waals surface area contributed by atoms with Gasteiger partial charge >= 0.3 is 0 Å². The highest BCUT2D eigenvalue weighted by Crippen LogP contribution is 2.15. The normalized spacial score (nSPS) is 14.5. The first-order valence-corrected chi connectivity index (χ1v) is 12.6. The molecule has 0 aromatic heterocycles. The van der Waals surface area contributed by atoms with Crippen molar-refractivity contribution in [3.05, 3.63) is 24.3 Å². The molecule has 2 nitrogen and oxygen atoms in total. The van der Waals surface area contributed by atoms with Gasteiger partial charge in [0.2, 0.25) is 0 Å². The van der Waals surface area contributed by atoms with E-state index >= 15 is 0 Å². The zero-order chi connectivity index (χ0) is 12.8. The minimum Gasteiger partial charge on any atom is -0.391 e. The zero-order valence-electron chi connectivity index (χ0n) is 11.7. The molecule has 0 aliphatic carbocycles. The summed E-state index contributed by atoms with van der Waals surface area (Å²) < 4.78 is 12.0. The van der Waals surface area contributed by atoms with Crippen molar-refractivity contribution in [2.24, 2.45) is 0 Å². The highest BCUT2D eigenvalue weighted by molar-refractivity contribution is 6.70. The van der Waals surface area contributed by atoms with Crippen LogP contribution < -0.4 is 0 Å². The molecular weight excluding hydrogens is 232 g/mol. The topological polar surface area (TPSA) is 18.5 Å². The van der Waals surface area contributed by atoms with Crippen LogP contribution in [0.5, 0.6) is 0 Å². The first kappa shape index (κ1) is 15.8. The molecule has 0 heterocycles. The van der Waals surface area contributed by atoms with Crippen LogP contribution in [-0.4, -0.2) is 22.9 Å². The van der Waals surface area contributed by atoms with Gasteiger partial charge in [-0.05, 0) is 52.3 Å². The van der Waals surface area contributed by atoms with Crippen LogP contribution in [0.2, 0.25) is 39.3 Å². The average Bonchev–Trinajstić information content (AvgIpc) is 1.97. The lowest BCUT2D eigenvalue weighted by atomic mass is 10.4. The van der Waals surface area contributed by atoms with Crippen LogP contribution in [0.15, 0.2) is 24.3 Å². The smallest absolute Gasteiger partial charge is 0.187 e. The minimum atomic E-state index is -1.56. The van der Waals surface area contributed by atoms with Crippen molar-refractivity contribution < 1.29 is 8.85 Å². The van der Waals surface area contributed by atoms with Crippen LogP contribution in [0.3, 0.4) is 0 Å². The Morgan fingerprint density at radius 1 is 0.812 bits per heavy atom. The van der Waals surface area contributed by atoms with Gasteiger partial charge in [-0.15, -0.1) is 0 Å². The standard InChI is InChI=1S/C12H26O2Si2/c1-8-9-10-11-12(13-15(2,3)4)14-16(5,6)7/h8-12H,1-7H3/b9-8+,11-10+. The van der Waals surface area contributed by atoms with E-state index in [1.54, 1.807) is 0 Å². The van der Waals surface area contributed by atoms with Gasteiger partial charge in [-0.2, -0.15) is 0 Å². The van der Waals surface area contributed by atoms with Crippen molar-refractivity contribution in [3.63, 3.8) is 0 Å². The van der Waals surface area contributed by atoms with E-state index in [1.165, 1.54) is 0 Å². The SMILES string of the molecule is C/C=C/C=C/C(O[Si](C)(C)C)O[Si](C)(C)C. The molecule has 0 rings (SSSR count). The number of hydrogen-bond acceptors (Lipinski definition) is 2. The van der Waals surface area contributed by atoms with E-state index in [4.69, 9.17) is 8.85 Å². The first-order valence-electron chi connectivity index (χ1n) is 5.79. The van der Waals surface area contributed by atoms with Crippen molar-refractivity contribution in [1.29, 1.82) is 0 Å². The third-order valence-electron chi connectivity index (χ3n) is 1.51. The molecule has 0 radical (unpaired) electrons. The fraction of sp³-hybridized carbons (Fsp3) is 0.667. The van der Waals surface area contributed by atoms with Crippen LogP contribution in [-0.2, 0) is 8.85 Å². The molecule has 4 heteroatoms. The Bertz CT molecular complexity index is 231. The Kier molecular flexibility index (Phi) is 6.47. The van der Waals surface area contributed by atoms with Crippen molar-refractivity contribution in [1.82, 2.24) is 0 Å². The summed E-state index contributed by atoms with van der Waals surface area (Å²) in [5.41, 5.74) is 0. The molecule has 0 unspecified atom stereocenters. The second-order valence-electron chi connectivity index (χ2n) is 5.74. The summed E-state index contributed by atoms with van der Waals surface area (Å²) in [5.74, 6) is 0. The maximum absolute atomic E-state index is 5.99. The molecule has 0 aromatic carbocycles. The van der Waals surface area contributed by atoms with Gasteiger partial charge in [0.05, 0.1) is 0 Å². The van der Waals surface area contributed by atoms with Crippen LogP contribution in [0, 0.1) is 0 Å². The summed E-state index contributed by atoms with van der Waals surface area (Å²) in [6, 6.07) is 0. The lowest BCUT2D eigenvalue weighted by Crippen LogP contribution is -2.38. The van der Waals surface area contributed by atoms with Crippen molar-refractivity contribution in [3.8, 4) is 0 Å². The molecule has 0 N–H and O–H groups in total. The fourth-order valence-electron chi connectivity index (χ4n) is 1.07. The summed E-state index contributed by atoms with van der Waals surface area (Å²) in [7, 11) is -3.12. The molecule has 0 spiro atoms. The molecule has 0 aromatic rings. The van der Waals surface area contributed by atoms with Gasteiger partial charge in [0, 0.05) is 0 Å². The third kappa shape index (κ3) is 10.4. The molecule has 0 fully saturated rings. The van der Waals surface area contributed by atoms with Gasteiger partial charge in [0.1, 0.15) is 0 Å². The lowest BCUT2D eigenvalue weighted by molar-refractivity contribution is 0.0343. The molecular formula is C12H26O2Si2. The van der Waals surface area contributed by atoms with Gasteiger partial charge in [-0.1, -0.05) is 18.2 Å². The Hall–Kier alpha value is -0.166. The predicted octanol–water partition coefficient (Wildman–Crippen LogP) is 4.15. The molecule has 0 amide bonds. The van der Waals surface area contributed by atoms with E-state index in [9.17, 15) is 0 Å². The van der Waals surface area contributed by atoms with E-state index in [0.29, 0.717) is 0 Å². The van der Waals surface area contributed by atoms with Crippen LogP contribution in [0.4, 0.5) is 0 Å². The molecule has 0 saturated heterocycles. The second-order valence-corrected chi connectivity index (χ2v) is 14.7. The number of allylic oxidation sites excluding steroid dienone is 3. The molecule has 0 aliphatic rings. The monoisotopic (exact) mass is 258 g/mol. The van der Waals surface area contributed by atoms with E-state index < -0.39 is 16.6 Å². The molecule has 16 heavy (non-hydrogen) atoms. The zero-order valence-corrected chi connectivity index (χ0v) is 13.7. The molecule has 0 atom stereocenters. The predicted molar refractivity (Wildman–Crippen MR) is 76.6 cm³/mol. The van der Waals surface area contributed by atoms with Gasteiger partial charge in [-0.3, -0.25) is 0 Å². The van der Waals surface area contributed by atoms with E-state index in [0.717, 1.165) is 0 Å². The van der Waals surface area contributed by atoms with Crippen LogP contribution in [0.25, 0.3) is 0 Å². The number of rotatable bonds is 6. The Labute approximate surface area is 103 Å². The quantitative estimate of drug-likeness (QED) is 0.405. The second kappa shape index (κ2) is 6.54. The van der Waals surface area contributed by atoms with Gasteiger partial charge in [0.25, 0.3) is 0 Å². The van der Waals surface area contributed by atoms with Crippen LogP contribution >= 0.6 is 0 Å². The highest BCUT2D eigenvalue weighted by atomic mass is 28.4. The largest absolute Gasteiger partial charge is 0.391 e. The van der Waals surface area contributed by atoms with E-state index in [2.05, 4.69) is 39.3 Å². The number of hydrogen-bond donors (Lipinski definition) is 0. The molecule has 0 bridgehead atoms. The van der Waals surface area contributed by atoms with Crippen molar-refractivity contribution in [2.45, 2.75) is 52.5 Å². The van der Waals surface area contributed by atoms with Gasteiger partial charge in [0.15, 0.2) is 22.9 Å². The van der Waals surface area contributed by atoms with Crippen molar-refractivity contribution >= 4 is 16.6 Å². The molecule has 94 valence electrons. The summed E-state index contributed by atoms with van der Waals surface area (Å²) >= 11 is 0. The Morgan fingerprint density at radius 3 is 1.56 bits per heavy atom. The van der Waals surface area contributed by atoms with Gasteiger partial charge in [-0.25, -0.2) is 0 Å². The van der Waals surface area contributed by atoms with Gasteiger partial charge < -0.3 is 8.85 Å². The van der Waals surface area contributed by atoms with Crippen molar-refractivity contribution in [2.75, 3.05) is 0 Å². The Balaban J connectivity index is 4.51.